The van der Waals surface area contributed by atoms with E-state index in [1.165, 1.54) is 10.8 Å². The Labute approximate surface area is 165 Å². The zero-order chi connectivity index (χ0) is 19.3. The van der Waals surface area contributed by atoms with Crippen LogP contribution in [0, 0.1) is 17.8 Å². The summed E-state index contributed by atoms with van der Waals surface area (Å²) < 4.78 is 15.2. The molecule has 2 unspecified atom stereocenters. The van der Waals surface area contributed by atoms with E-state index < -0.39 is 11.2 Å². The summed E-state index contributed by atoms with van der Waals surface area (Å²) in [4.78, 5) is 13.3. The topological polar surface area (TPSA) is 23.6 Å². The second kappa shape index (κ2) is 5.28. The van der Waals surface area contributed by atoms with Crippen LogP contribution in [0.15, 0.2) is 42.5 Å². The van der Waals surface area contributed by atoms with Crippen molar-refractivity contribution in [1.29, 1.82) is 0 Å². The molecular formula is C24H27FN2O. The van der Waals surface area contributed by atoms with Crippen molar-refractivity contribution in [2.45, 2.75) is 63.2 Å². The Morgan fingerprint density at radius 2 is 1.64 bits per heavy atom. The maximum absolute atomic E-state index is 15.2. The zero-order valence-corrected chi connectivity index (χ0v) is 16.6. The predicted octanol–water partition coefficient (Wildman–Crippen LogP) is 5.10. The summed E-state index contributed by atoms with van der Waals surface area (Å²) in [7, 11) is 0. The van der Waals surface area contributed by atoms with Gasteiger partial charge < -0.3 is 0 Å². The maximum atomic E-state index is 15.2. The van der Waals surface area contributed by atoms with E-state index in [1.807, 2.05) is 18.9 Å². The zero-order valence-electron chi connectivity index (χ0n) is 16.6. The number of hydrogen-bond donors (Lipinski definition) is 0. The highest BCUT2D eigenvalue weighted by Gasteiger charge is 2.64. The van der Waals surface area contributed by atoms with Gasteiger partial charge in [-0.15, -0.1) is 0 Å². The number of amides is 1. The fourth-order valence-electron chi connectivity index (χ4n) is 7.06. The number of benzene rings is 2. The van der Waals surface area contributed by atoms with Crippen molar-refractivity contribution in [3.8, 4) is 0 Å². The van der Waals surface area contributed by atoms with Crippen LogP contribution in [0.25, 0.3) is 10.8 Å². The molecule has 4 heteroatoms. The Morgan fingerprint density at radius 1 is 0.964 bits per heavy atom. The molecule has 5 aliphatic rings. The highest BCUT2D eigenvalue weighted by molar-refractivity contribution is 6.03. The molecule has 1 aliphatic heterocycles. The SMILES string of the molecule is CC1(C)C(=O)N(C2C3CC4CC2CC(F)(C4)C3)N1c1cccc2ccccc12. The van der Waals surface area contributed by atoms with Gasteiger partial charge in [-0.2, -0.15) is 0 Å². The fourth-order valence-corrected chi connectivity index (χ4v) is 7.06. The van der Waals surface area contributed by atoms with Gasteiger partial charge in [0.15, 0.2) is 0 Å². The third kappa shape index (κ3) is 2.07. The minimum atomic E-state index is -0.972. The second-order valence-corrected chi connectivity index (χ2v) is 10.1. The number of carbonyl (C=O) groups excluding carboxylic acids is 1. The van der Waals surface area contributed by atoms with E-state index in [4.69, 9.17) is 0 Å². The second-order valence-electron chi connectivity index (χ2n) is 10.1. The number of fused-ring (bicyclic) bond motifs is 1. The average Bonchev–Trinajstić information content (AvgIpc) is 2.65. The quantitative estimate of drug-likeness (QED) is 0.726. The lowest BCUT2D eigenvalue weighted by atomic mass is 9.52. The number of hydrazine groups is 1. The van der Waals surface area contributed by atoms with Gasteiger partial charge in [-0.3, -0.25) is 9.80 Å². The number of rotatable bonds is 2. The number of anilines is 1. The first-order valence-corrected chi connectivity index (χ1v) is 10.7. The van der Waals surface area contributed by atoms with Crippen molar-refractivity contribution in [3.05, 3.63) is 42.5 Å². The molecule has 1 heterocycles. The molecule has 2 aromatic carbocycles. The molecule has 1 saturated heterocycles. The van der Waals surface area contributed by atoms with Crippen molar-refractivity contribution in [3.63, 3.8) is 0 Å². The molecule has 7 rings (SSSR count). The molecule has 4 aliphatic carbocycles. The van der Waals surface area contributed by atoms with Crippen LogP contribution < -0.4 is 5.01 Å². The first-order valence-electron chi connectivity index (χ1n) is 10.7. The van der Waals surface area contributed by atoms with Gasteiger partial charge >= 0.3 is 0 Å². The number of alkyl halides is 1. The molecule has 4 bridgehead atoms. The molecular weight excluding hydrogens is 351 g/mol. The van der Waals surface area contributed by atoms with E-state index in [1.54, 1.807) is 0 Å². The normalized spacial score (nSPS) is 38.2. The summed E-state index contributed by atoms with van der Waals surface area (Å²) in [6.07, 6.45) is 4.19. The number of hydrogen-bond acceptors (Lipinski definition) is 2. The van der Waals surface area contributed by atoms with Gasteiger partial charge in [0.1, 0.15) is 11.2 Å². The van der Waals surface area contributed by atoms with Crippen LogP contribution in [0.2, 0.25) is 0 Å². The molecule has 146 valence electrons. The summed E-state index contributed by atoms with van der Waals surface area (Å²) in [6, 6.07) is 14.8. The molecule has 3 nitrogen and oxygen atoms in total. The van der Waals surface area contributed by atoms with E-state index in [9.17, 15) is 4.79 Å². The third-order valence-corrected chi connectivity index (χ3v) is 7.90. The molecule has 0 aromatic heterocycles. The van der Waals surface area contributed by atoms with Gasteiger partial charge in [-0.1, -0.05) is 36.4 Å². The van der Waals surface area contributed by atoms with Gasteiger partial charge in [0.2, 0.25) is 0 Å². The predicted molar refractivity (Wildman–Crippen MR) is 109 cm³/mol. The van der Waals surface area contributed by atoms with Crippen LogP contribution in [0.5, 0.6) is 0 Å². The molecule has 28 heavy (non-hydrogen) atoms. The fraction of sp³-hybridized carbons (Fsp3) is 0.542. The van der Waals surface area contributed by atoms with Gasteiger partial charge in [-0.25, -0.2) is 9.40 Å². The maximum Gasteiger partial charge on any atom is 0.268 e. The van der Waals surface area contributed by atoms with E-state index >= 15 is 4.39 Å². The smallest absolute Gasteiger partial charge is 0.268 e. The van der Waals surface area contributed by atoms with Crippen molar-refractivity contribution in [2.24, 2.45) is 17.8 Å². The molecule has 0 spiro atoms. The Morgan fingerprint density at radius 3 is 2.36 bits per heavy atom. The summed E-state index contributed by atoms with van der Waals surface area (Å²) in [6.45, 7) is 4.03. The Bertz CT molecular complexity index is 964. The van der Waals surface area contributed by atoms with Crippen LogP contribution in [0.3, 0.4) is 0 Å². The first kappa shape index (κ1) is 16.8. The van der Waals surface area contributed by atoms with Crippen LogP contribution in [-0.2, 0) is 4.79 Å². The minimum Gasteiger partial charge on any atom is -0.270 e. The van der Waals surface area contributed by atoms with Crippen LogP contribution in [-0.4, -0.2) is 28.2 Å². The van der Waals surface area contributed by atoms with Crippen LogP contribution in [0.4, 0.5) is 10.1 Å². The van der Waals surface area contributed by atoms with Crippen molar-refractivity contribution in [1.82, 2.24) is 5.01 Å². The van der Waals surface area contributed by atoms with Gasteiger partial charge in [0.25, 0.3) is 5.91 Å². The minimum absolute atomic E-state index is 0.153. The molecule has 0 N–H and O–H groups in total. The molecule has 2 atom stereocenters. The lowest BCUT2D eigenvalue weighted by Gasteiger charge is -2.66. The van der Waals surface area contributed by atoms with E-state index in [0.717, 1.165) is 24.9 Å². The summed E-state index contributed by atoms with van der Waals surface area (Å²) in [5, 5.41) is 6.59. The Balaban J connectivity index is 1.44. The van der Waals surface area contributed by atoms with Crippen molar-refractivity contribution >= 4 is 22.4 Å². The number of carbonyl (C=O) groups is 1. The van der Waals surface area contributed by atoms with Crippen molar-refractivity contribution in [2.75, 3.05) is 5.01 Å². The number of halogens is 1. The highest BCUT2D eigenvalue weighted by Crippen LogP contribution is 2.60. The molecule has 2 aromatic rings. The number of nitrogens with zero attached hydrogens (tertiary/aromatic N) is 2. The van der Waals surface area contributed by atoms with Crippen LogP contribution >= 0.6 is 0 Å². The van der Waals surface area contributed by atoms with Gasteiger partial charge in [0, 0.05) is 5.39 Å². The third-order valence-electron chi connectivity index (χ3n) is 7.90. The largest absolute Gasteiger partial charge is 0.270 e. The van der Waals surface area contributed by atoms with Crippen molar-refractivity contribution < 1.29 is 9.18 Å². The van der Waals surface area contributed by atoms with Gasteiger partial charge in [0.05, 0.1) is 11.7 Å². The lowest BCUT2D eigenvalue weighted by molar-refractivity contribution is -0.179. The molecule has 1 amide bonds. The van der Waals surface area contributed by atoms with Crippen LogP contribution in [0.1, 0.15) is 46.0 Å². The average molecular weight is 378 g/mol. The molecule has 0 radical (unpaired) electrons. The van der Waals surface area contributed by atoms with E-state index in [-0.39, 0.29) is 11.9 Å². The standard InChI is InChI=1S/C24H27FN2O/c1-23(2)22(28)26(21-17-10-15-11-18(21)14-24(25,12-15)13-17)27(23)20-9-5-7-16-6-3-4-8-19(16)20/h3-9,15,17-18,21H,10-14H2,1-2H3. The summed E-state index contributed by atoms with van der Waals surface area (Å²) in [5.74, 6) is 1.31. The summed E-state index contributed by atoms with van der Waals surface area (Å²) >= 11 is 0. The summed E-state index contributed by atoms with van der Waals surface area (Å²) in [5.41, 5.74) is -0.446. The van der Waals surface area contributed by atoms with E-state index in [0.29, 0.717) is 30.6 Å². The lowest BCUT2D eigenvalue weighted by Crippen LogP contribution is -2.80. The monoisotopic (exact) mass is 378 g/mol. The van der Waals surface area contributed by atoms with Gasteiger partial charge in [-0.05, 0) is 75.2 Å². The molecule has 4 saturated carbocycles. The first-order chi connectivity index (χ1) is 13.4. The Hall–Kier alpha value is -2.10. The Kier molecular flexibility index (Phi) is 3.17. The highest BCUT2D eigenvalue weighted by atomic mass is 19.1. The van der Waals surface area contributed by atoms with E-state index in [2.05, 4.69) is 47.5 Å². The molecule has 5 fully saturated rings.